The highest BCUT2D eigenvalue weighted by atomic mass is 16.5. The van der Waals surface area contributed by atoms with E-state index in [0.29, 0.717) is 12.2 Å². The molecule has 1 amide bonds. The van der Waals surface area contributed by atoms with Crippen LogP contribution in [0, 0.1) is 0 Å². The number of nitrogens with zero attached hydrogens (tertiary/aromatic N) is 1. The first-order valence-corrected chi connectivity index (χ1v) is 6.96. The number of rotatable bonds is 5. The van der Waals surface area contributed by atoms with E-state index < -0.39 is 30.1 Å². The van der Waals surface area contributed by atoms with Crippen LogP contribution in [0.25, 0.3) is 0 Å². The molecule has 0 bridgehead atoms. The number of β-amino-alcohol motifs (C(OH)–C–C–N with tert-alkyl or cyclic N) is 1. The van der Waals surface area contributed by atoms with Crippen LogP contribution in [0.3, 0.4) is 0 Å². The van der Waals surface area contributed by atoms with Crippen LogP contribution in [-0.4, -0.2) is 51.8 Å². The number of hydrogen-bond acceptors (Lipinski definition) is 4. The van der Waals surface area contributed by atoms with E-state index in [1.54, 1.807) is 31.2 Å². The fourth-order valence-corrected chi connectivity index (χ4v) is 2.45. The third-order valence-electron chi connectivity index (χ3n) is 3.51. The molecule has 2 N–H and O–H groups in total. The second-order valence-electron chi connectivity index (χ2n) is 5.06. The third kappa shape index (κ3) is 3.52. The second kappa shape index (κ2) is 6.58. The predicted octanol–water partition coefficient (Wildman–Crippen LogP) is 0.890. The van der Waals surface area contributed by atoms with E-state index in [1.165, 1.54) is 4.90 Å². The van der Waals surface area contributed by atoms with Crippen LogP contribution in [0.2, 0.25) is 0 Å². The van der Waals surface area contributed by atoms with Crippen LogP contribution in [0.1, 0.15) is 19.8 Å². The highest BCUT2D eigenvalue weighted by Crippen LogP contribution is 2.22. The number of para-hydroxylation sites is 1. The molecule has 21 heavy (non-hydrogen) atoms. The summed E-state index contributed by atoms with van der Waals surface area (Å²) in [4.78, 5) is 24.9. The van der Waals surface area contributed by atoms with Crippen molar-refractivity contribution >= 4 is 11.9 Å². The minimum atomic E-state index is -1.10. The molecule has 114 valence electrons. The number of carbonyl (C=O) groups excluding carboxylic acids is 1. The minimum Gasteiger partial charge on any atom is -0.481 e. The SMILES string of the molecule is CCC(Oc1ccccc1)C(=O)N1C[C@@H](O)C[C@H]1C(=O)O. The number of carboxylic acids is 1. The molecular weight excluding hydrogens is 274 g/mol. The lowest BCUT2D eigenvalue weighted by Gasteiger charge is -2.26. The number of aliphatic carboxylic acids is 1. The fourth-order valence-electron chi connectivity index (χ4n) is 2.45. The number of aliphatic hydroxyl groups excluding tert-OH is 1. The molecule has 1 aromatic carbocycles. The first-order valence-electron chi connectivity index (χ1n) is 6.96. The Morgan fingerprint density at radius 1 is 1.38 bits per heavy atom. The maximum Gasteiger partial charge on any atom is 0.326 e. The first-order chi connectivity index (χ1) is 10.0. The molecule has 6 heteroatoms. The van der Waals surface area contributed by atoms with Crippen molar-refractivity contribution < 1.29 is 24.5 Å². The van der Waals surface area contributed by atoms with Gasteiger partial charge in [0.1, 0.15) is 11.8 Å². The average molecular weight is 293 g/mol. The molecule has 1 aromatic rings. The summed E-state index contributed by atoms with van der Waals surface area (Å²) in [5.41, 5.74) is 0. The van der Waals surface area contributed by atoms with Gasteiger partial charge in [-0.25, -0.2) is 4.79 Å². The number of benzene rings is 1. The van der Waals surface area contributed by atoms with Gasteiger partial charge in [-0.3, -0.25) is 4.79 Å². The molecule has 0 spiro atoms. The Morgan fingerprint density at radius 3 is 2.62 bits per heavy atom. The Bertz CT molecular complexity index is 504. The van der Waals surface area contributed by atoms with Gasteiger partial charge in [-0.1, -0.05) is 25.1 Å². The highest BCUT2D eigenvalue weighted by Gasteiger charge is 2.41. The van der Waals surface area contributed by atoms with E-state index in [4.69, 9.17) is 9.84 Å². The van der Waals surface area contributed by atoms with Gasteiger partial charge >= 0.3 is 5.97 Å². The van der Waals surface area contributed by atoms with Crippen LogP contribution < -0.4 is 4.74 Å². The molecule has 0 radical (unpaired) electrons. The van der Waals surface area contributed by atoms with Gasteiger partial charge in [0.05, 0.1) is 6.10 Å². The first kappa shape index (κ1) is 15.3. The van der Waals surface area contributed by atoms with Crippen molar-refractivity contribution in [3.8, 4) is 5.75 Å². The van der Waals surface area contributed by atoms with E-state index in [2.05, 4.69) is 0 Å². The van der Waals surface area contributed by atoms with E-state index in [9.17, 15) is 14.7 Å². The summed E-state index contributed by atoms with van der Waals surface area (Å²) in [6, 6.07) is 7.93. The fraction of sp³-hybridized carbons (Fsp3) is 0.467. The molecule has 1 heterocycles. The lowest BCUT2D eigenvalue weighted by molar-refractivity contribution is -0.151. The number of aliphatic hydroxyl groups is 1. The zero-order valence-corrected chi connectivity index (χ0v) is 11.8. The number of carbonyl (C=O) groups is 2. The maximum absolute atomic E-state index is 12.5. The van der Waals surface area contributed by atoms with Crippen LogP contribution >= 0.6 is 0 Å². The monoisotopic (exact) mass is 293 g/mol. The molecule has 1 saturated heterocycles. The van der Waals surface area contributed by atoms with Gasteiger partial charge in [0, 0.05) is 13.0 Å². The predicted molar refractivity (Wildman–Crippen MR) is 74.9 cm³/mol. The molecule has 6 nitrogen and oxygen atoms in total. The minimum absolute atomic E-state index is 0.0322. The molecule has 3 atom stereocenters. The molecule has 1 unspecified atom stereocenters. The smallest absolute Gasteiger partial charge is 0.326 e. The summed E-state index contributed by atoms with van der Waals surface area (Å²) >= 11 is 0. The molecule has 1 fully saturated rings. The Morgan fingerprint density at radius 2 is 2.05 bits per heavy atom. The summed E-state index contributed by atoms with van der Waals surface area (Å²) in [5.74, 6) is -0.941. The summed E-state index contributed by atoms with van der Waals surface area (Å²) < 4.78 is 5.64. The number of ether oxygens (including phenoxy) is 1. The highest BCUT2D eigenvalue weighted by molar-refractivity contribution is 5.87. The Labute approximate surface area is 122 Å². The lowest BCUT2D eigenvalue weighted by Crippen LogP contribution is -2.47. The van der Waals surface area contributed by atoms with E-state index >= 15 is 0 Å². The maximum atomic E-state index is 12.5. The number of amides is 1. The van der Waals surface area contributed by atoms with E-state index in [1.807, 2.05) is 6.07 Å². The standard InChI is InChI=1S/C15H19NO5/c1-2-13(21-11-6-4-3-5-7-11)14(18)16-9-10(17)8-12(16)15(19)20/h3-7,10,12-13,17H,2,8-9H2,1H3,(H,19,20)/t10-,12-,13?/m0/s1. The molecule has 2 rings (SSSR count). The largest absolute Gasteiger partial charge is 0.481 e. The van der Waals surface area contributed by atoms with Crippen LogP contribution in [0.15, 0.2) is 30.3 Å². The van der Waals surface area contributed by atoms with E-state index in [-0.39, 0.29) is 13.0 Å². The number of carboxylic acid groups (broad SMARTS) is 1. The van der Waals surface area contributed by atoms with Crippen molar-refractivity contribution in [1.29, 1.82) is 0 Å². The van der Waals surface area contributed by atoms with Crippen molar-refractivity contribution in [2.75, 3.05) is 6.54 Å². The zero-order chi connectivity index (χ0) is 15.4. The summed E-state index contributed by atoms with van der Waals surface area (Å²) in [7, 11) is 0. The lowest BCUT2D eigenvalue weighted by atomic mass is 10.2. The van der Waals surface area contributed by atoms with Gasteiger partial charge in [-0.05, 0) is 18.6 Å². The van der Waals surface area contributed by atoms with Crippen molar-refractivity contribution in [2.45, 2.75) is 38.0 Å². The molecule has 0 aromatic heterocycles. The van der Waals surface area contributed by atoms with Gasteiger partial charge < -0.3 is 19.8 Å². The van der Waals surface area contributed by atoms with Crippen LogP contribution in [0.5, 0.6) is 5.75 Å². The van der Waals surface area contributed by atoms with Gasteiger partial charge in [-0.15, -0.1) is 0 Å². The van der Waals surface area contributed by atoms with Gasteiger partial charge in [0.15, 0.2) is 6.10 Å². The topological polar surface area (TPSA) is 87.1 Å². The molecule has 1 aliphatic heterocycles. The summed E-state index contributed by atoms with van der Waals surface area (Å²) in [5, 5.41) is 18.8. The summed E-state index contributed by atoms with van der Waals surface area (Å²) in [6.07, 6.45) is -1.07. The number of likely N-dealkylation sites (tertiary alicyclic amines) is 1. The zero-order valence-electron chi connectivity index (χ0n) is 11.8. The Hall–Kier alpha value is -2.08. The average Bonchev–Trinajstić information content (AvgIpc) is 2.87. The number of hydrogen-bond donors (Lipinski definition) is 2. The second-order valence-corrected chi connectivity index (χ2v) is 5.06. The quantitative estimate of drug-likeness (QED) is 0.842. The van der Waals surface area contributed by atoms with Crippen LogP contribution in [0.4, 0.5) is 0 Å². The van der Waals surface area contributed by atoms with Crippen molar-refractivity contribution in [3.05, 3.63) is 30.3 Å². The normalized spacial score (nSPS) is 22.9. The molecule has 0 saturated carbocycles. The summed E-state index contributed by atoms with van der Waals surface area (Å²) in [6.45, 7) is 1.83. The Kier molecular flexibility index (Phi) is 4.80. The van der Waals surface area contributed by atoms with E-state index in [0.717, 1.165) is 0 Å². The van der Waals surface area contributed by atoms with Crippen molar-refractivity contribution in [3.63, 3.8) is 0 Å². The van der Waals surface area contributed by atoms with Crippen LogP contribution in [-0.2, 0) is 9.59 Å². The molecule has 1 aliphatic rings. The van der Waals surface area contributed by atoms with Gasteiger partial charge in [0.2, 0.25) is 0 Å². The molecular formula is C15H19NO5. The van der Waals surface area contributed by atoms with Gasteiger partial charge in [-0.2, -0.15) is 0 Å². The van der Waals surface area contributed by atoms with Gasteiger partial charge in [0.25, 0.3) is 5.91 Å². The van der Waals surface area contributed by atoms with Crippen molar-refractivity contribution in [2.24, 2.45) is 0 Å². The Balaban J connectivity index is 2.10. The molecule has 0 aliphatic carbocycles. The van der Waals surface area contributed by atoms with Crippen molar-refractivity contribution in [1.82, 2.24) is 4.90 Å². The third-order valence-corrected chi connectivity index (χ3v) is 3.51.